The largest absolute Gasteiger partial charge is 0.487 e. The second-order valence-electron chi connectivity index (χ2n) is 6.87. The lowest BCUT2D eigenvalue weighted by atomic mass is 9.93. The van der Waals surface area contributed by atoms with Gasteiger partial charge in [-0.3, -0.25) is 4.90 Å². The van der Waals surface area contributed by atoms with Gasteiger partial charge in [-0.1, -0.05) is 17.7 Å². The third-order valence-corrected chi connectivity index (χ3v) is 4.89. The summed E-state index contributed by atoms with van der Waals surface area (Å²) in [5.41, 5.74) is 1.02. The molecule has 4 nitrogen and oxygen atoms in total. The molecule has 1 aromatic carbocycles. The number of piperidine rings is 1. The van der Waals surface area contributed by atoms with Crippen molar-refractivity contribution in [2.24, 2.45) is 0 Å². The number of halogens is 1. The van der Waals surface area contributed by atoms with E-state index in [1.807, 2.05) is 49.5 Å². The first-order chi connectivity index (χ1) is 12.0. The van der Waals surface area contributed by atoms with Gasteiger partial charge in [-0.05, 0) is 56.5 Å². The fourth-order valence-corrected chi connectivity index (χ4v) is 3.08. The fourth-order valence-electron chi connectivity index (χ4n) is 2.96. The van der Waals surface area contributed by atoms with Gasteiger partial charge in [0.25, 0.3) is 0 Å². The van der Waals surface area contributed by atoms with Crippen LogP contribution in [0.3, 0.4) is 0 Å². The Labute approximate surface area is 154 Å². The summed E-state index contributed by atoms with van der Waals surface area (Å²) in [6, 6.07) is 11.5. The zero-order chi connectivity index (χ0) is 17.7. The highest BCUT2D eigenvalue weighted by Gasteiger charge is 2.31. The lowest BCUT2D eigenvalue weighted by molar-refractivity contribution is 0.0134. The molecule has 0 N–H and O–H groups in total. The normalized spacial score (nSPS) is 17.2. The number of hydrogen-bond acceptors (Lipinski definition) is 4. The average Bonchev–Trinajstić information content (AvgIpc) is 2.61. The minimum atomic E-state index is -0.121. The summed E-state index contributed by atoms with van der Waals surface area (Å²) in [7, 11) is 0. The predicted molar refractivity (Wildman–Crippen MR) is 101 cm³/mol. The van der Waals surface area contributed by atoms with Crippen LogP contribution in [-0.2, 0) is 0 Å². The van der Waals surface area contributed by atoms with Gasteiger partial charge < -0.3 is 9.47 Å². The zero-order valence-electron chi connectivity index (χ0n) is 14.9. The third-order valence-electron chi connectivity index (χ3n) is 4.63. The van der Waals surface area contributed by atoms with Crippen molar-refractivity contribution < 1.29 is 9.47 Å². The zero-order valence-corrected chi connectivity index (χ0v) is 15.6. The summed E-state index contributed by atoms with van der Waals surface area (Å²) >= 11 is 5.93. The standard InChI is InChI=1S/C20H25ClN2O2/c1-16-3-8-19(22-15-16)24-14-13-23-11-9-20(2,10-12-23)25-18-6-4-17(21)5-7-18/h3-8,15H,9-14H2,1-2H3. The number of nitrogens with zero attached hydrogens (tertiary/aromatic N) is 2. The molecule has 1 aromatic heterocycles. The molecule has 0 aliphatic carbocycles. The molecule has 0 radical (unpaired) electrons. The monoisotopic (exact) mass is 360 g/mol. The number of ether oxygens (including phenoxy) is 2. The molecule has 2 heterocycles. The molecular formula is C20H25ClN2O2. The molecule has 25 heavy (non-hydrogen) atoms. The molecular weight excluding hydrogens is 336 g/mol. The first-order valence-electron chi connectivity index (χ1n) is 8.75. The van der Waals surface area contributed by atoms with Crippen molar-refractivity contribution >= 4 is 11.6 Å². The predicted octanol–water partition coefficient (Wildman–Crippen LogP) is 4.36. The molecule has 3 rings (SSSR count). The highest BCUT2D eigenvalue weighted by molar-refractivity contribution is 6.30. The molecule has 1 saturated heterocycles. The molecule has 0 amide bonds. The fraction of sp³-hybridized carbons (Fsp3) is 0.450. The number of rotatable bonds is 6. The van der Waals surface area contributed by atoms with Gasteiger partial charge in [0.2, 0.25) is 5.88 Å². The van der Waals surface area contributed by atoms with Gasteiger partial charge in [-0.25, -0.2) is 4.98 Å². The van der Waals surface area contributed by atoms with E-state index in [4.69, 9.17) is 21.1 Å². The van der Waals surface area contributed by atoms with Gasteiger partial charge in [-0.2, -0.15) is 0 Å². The Balaban J connectivity index is 1.41. The molecule has 0 bridgehead atoms. The molecule has 2 aromatic rings. The maximum atomic E-state index is 6.20. The Kier molecular flexibility index (Phi) is 5.82. The lowest BCUT2D eigenvalue weighted by Gasteiger charge is -2.39. The summed E-state index contributed by atoms with van der Waals surface area (Å²) < 4.78 is 11.9. The molecule has 1 aliphatic heterocycles. The topological polar surface area (TPSA) is 34.6 Å². The van der Waals surface area contributed by atoms with Gasteiger partial charge in [0.15, 0.2) is 0 Å². The van der Waals surface area contributed by atoms with E-state index < -0.39 is 0 Å². The molecule has 1 aliphatic rings. The van der Waals surface area contributed by atoms with Crippen molar-refractivity contribution in [2.75, 3.05) is 26.2 Å². The van der Waals surface area contributed by atoms with Gasteiger partial charge >= 0.3 is 0 Å². The van der Waals surface area contributed by atoms with E-state index in [0.717, 1.165) is 48.8 Å². The van der Waals surface area contributed by atoms with Crippen LogP contribution in [0.15, 0.2) is 42.6 Å². The molecule has 5 heteroatoms. The van der Waals surface area contributed by atoms with Crippen molar-refractivity contribution in [3.8, 4) is 11.6 Å². The smallest absolute Gasteiger partial charge is 0.213 e. The summed E-state index contributed by atoms with van der Waals surface area (Å²) in [6.07, 6.45) is 3.83. The number of aromatic nitrogens is 1. The van der Waals surface area contributed by atoms with Gasteiger partial charge in [0, 0.05) is 36.9 Å². The van der Waals surface area contributed by atoms with Crippen LogP contribution in [0.1, 0.15) is 25.3 Å². The summed E-state index contributed by atoms with van der Waals surface area (Å²) in [5.74, 6) is 1.58. The third kappa shape index (κ3) is 5.35. The molecule has 134 valence electrons. The van der Waals surface area contributed by atoms with E-state index in [1.54, 1.807) is 0 Å². The van der Waals surface area contributed by atoms with Gasteiger partial charge in [0.05, 0.1) is 0 Å². The van der Waals surface area contributed by atoms with Crippen LogP contribution in [0.5, 0.6) is 11.6 Å². The van der Waals surface area contributed by atoms with Crippen LogP contribution in [0.4, 0.5) is 0 Å². The van der Waals surface area contributed by atoms with Crippen LogP contribution >= 0.6 is 11.6 Å². The first-order valence-corrected chi connectivity index (χ1v) is 9.13. The molecule has 0 spiro atoms. The Hall–Kier alpha value is -1.78. The van der Waals surface area contributed by atoms with E-state index in [2.05, 4.69) is 16.8 Å². The molecule has 0 unspecified atom stereocenters. The summed E-state index contributed by atoms with van der Waals surface area (Å²) in [5, 5.41) is 0.732. The van der Waals surface area contributed by atoms with E-state index in [-0.39, 0.29) is 5.60 Å². The van der Waals surface area contributed by atoms with Crippen molar-refractivity contribution in [1.29, 1.82) is 0 Å². The van der Waals surface area contributed by atoms with E-state index in [9.17, 15) is 0 Å². The van der Waals surface area contributed by atoms with E-state index >= 15 is 0 Å². The number of benzene rings is 1. The SMILES string of the molecule is Cc1ccc(OCCN2CCC(C)(Oc3ccc(Cl)cc3)CC2)nc1. The number of hydrogen-bond donors (Lipinski definition) is 0. The summed E-state index contributed by atoms with van der Waals surface area (Å²) in [4.78, 5) is 6.68. The molecule has 0 saturated carbocycles. The van der Waals surface area contributed by atoms with E-state index in [0.29, 0.717) is 12.5 Å². The van der Waals surface area contributed by atoms with Crippen LogP contribution in [0, 0.1) is 6.92 Å². The minimum absolute atomic E-state index is 0.121. The van der Waals surface area contributed by atoms with Crippen molar-refractivity contribution in [3.63, 3.8) is 0 Å². The second kappa shape index (κ2) is 8.07. The Morgan fingerprint density at radius 2 is 1.84 bits per heavy atom. The Morgan fingerprint density at radius 1 is 1.12 bits per heavy atom. The Morgan fingerprint density at radius 3 is 2.48 bits per heavy atom. The quantitative estimate of drug-likeness (QED) is 0.766. The van der Waals surface area contributed by atoms with Crippen molar-refractivity contribution in [2.45, 2.75) is 32.3 Å². The van der Waals surface area contributed by atoms with Crippen molar-refractivity contribution in [1.82, 2.24) is 9.88 Å². The highest BCUT2D eigenvalue weighted by atomic mass is 35.5. The van der Waals surface area contributed by atoms with Crippen LogP contribution < -0.4 is 9.47 Å². The number of aryl methyl sites for hydroxylation is 1. The molecule has 0 atom stereocenters. The second-order valence-corrected chi connectivity index (χ2v) is 7.31. The number of pyridine rings is 1. The van der Waals surface area contributed by atoms with Crippen LogP contribution in [0.2, 0.25) is 5.02 Å². The van der Waals surface area contributed by atoms with E-state index in [1.165, 1.54) is 0 Å². The van der Waals surface area contributed by atoms with Crippen LogP contribution in [-0.4, -0.2) is 41.7 Å². The van der Waals surface area contributed by atoms with Gasteiger partial charge in [0.1, 0.15) is 18.0 Å². The Bertz CT molecular complexity index is 665. The van der Waals surface area contributed by atoms with Crippen LogP contribution in [0.25, 0.3) is 0 Å². The first kappa shape index (κ1) is 18.0. The summed E-state index contributed by atoms with van der Waals surface area (Å²) in [6.45, 7) is 7.79. The minimum Gasteiger partial charge on any atom is -0.487 e. The maximum Gasteiger partial charge on any atom is 0.213 e. The molecule has 1 fully saturated rings. The van der Waals surface area contributed by atoms with Crippen molar-refractivity contribution in [3.05, 3.63) is 53.2 Å². The average molecular weight is 361 g/mol. The number of likely N-dealkylation sites (tertiary alicyclic amines) is 1. The maximum absolute atomic E-state index is 6.20. The lowest BCUT2D eigenvalue weighted by Crippen LogP contribution is -2.47. The van der Waals surface area contributed by atoms with Gasteiger partial charge in [-0.15, -0.1) is 0 Å². The highest BCUT2D eigenvalue weighted by Crippen LogP contribution is 2.29.